The number of nitrogens with zero attached hydrogens (tertiary/aromatic N) is 2. The fourth-order valence-corrected chi connectivity index (χ4v) is 4.82. The zero-order chi connectivity index (χ0) is 22.0. The van der Waals surface area contributed by atoms with Gasteiger partial charge in [0.2, 0.25) is 0 Å². The van der Waals surface area contributed by atoms with Gasteiger partial charge in [0.15, 0.2) is 6.29 Å². The molecule has 1 saturated heterocycles. The van der Waals surface area contributed by atoms with Crippen molar-refractivity contribution >= 4 is 40.8 Å². The van der Waals surface area contributed by atoms with E-state index in [-0.39, 0.29) is 17.5 Å². The lowest BCUT2D eigenvalue weighted by atomic mass is 10.0. The molecular weight excluding hydrogens is 437 g/mol. The normalized spacial score (nSPS) is 16.2. The van der Waals surface area contributed by atoms with Gasteiger partial charge in [-0.15, -0.1) is 11.3 Å². The molecular formula is C23H21ClFN3O2S. The molecule has 1 aliphatic heterocycles. The summed E-state index contributed by atoms with van der Waals surface area (Å²) in [6, 6.07) is 11.9. The zero-order valence-corrected chi connectivity index (χ0v) is 18.5. The molecule has 0 spiro atoms. The summed E-state index contributed by atoms with van der Waals surface area (Å²) in [5.74, 6) is -0.674. The Bertz CT molecular complexity index is 1120. The first kappa shape index (κ1) is 21.5. The number of carbonyl (C=O) groups is 2. The summed E-state index contributed by atoms with van der Waals surface area (Å²) < 4.78 is 13.6. The van der Waals surface area contributed by atoms with Crippen LogP contribution < -0.4 is 10.2 Å². The van der Waals surface area contributed by atoms with Crippen molar-refractivity contribution in [2.45, 2.75) is 25.8 Å². The Morgan fingerprint density at radius 2 is 2.06 bits per heavy atom. The highest BCUT2D eigenvalue weighted by molar-refractivity contribution is 7.17. The predicted octanol–water partition coefficient (Wildman–Crippen LogP) is 5.12. The molecule has 1 fully saturated rings. The van der Waals surface area contributed by atoms with Gasteiger partial charge in [0.05, 0.1) is 11.3 Å². The van der Waals surface area contributed by atoms with Crippen LogP contribution >= 0.6 is 22.9 Å². The third kappa shape index (κ3) is 4.78. The van der Waals surface area contributed by atoms with Crippen LogP contribution in [0.2, 0.25) is 5.02 Å². The third-order valence-corrected chi connectivity index (χ3v) is 6.78. The summed E-state index contributed by atoms with van der Waals surface area (Å²) in [6.07, 6.45) is 2.26. The maximum absolute atomic E-state index is 13.6. The van der Waals surface area contributed by atoms with E-state index in [1.165, 1.54) is 17.4 Å². The number of hydrogen-bond donors (Lipinski definition) is 1. The summed E-state index contributed by atoms with van der Waals surface area (Å²) in [5.41, 5.74) is 2.43. The predicted molar refractivity (Wildman–Crippen MR) is 122 cm³/mol. The van der Waals surface area contributed by atoms with Crippen molar-refractivity contribution < 1.29 is 14.0 Å². The minimum atomic E-state index is -0.530. The number of rotatable bonds is 5. The van der Waals surface area contributed by atoms with E-state index < -0.39 is 5.82 Å². The van der Waals surface area contributed by atoms with Gasteiger partial charge < -0.3 is 10.2 Å². The molecule has 5 nitrogen and oxygen atoms in total. The topological polar surface area (TPSA) is 62.3 Å². The van der Waals surface area contributed by atoms with Gasteiger partial charge in [-0.3, -0.25) is 9.59 Å². The molecule has 3 aromatic rings. The quantitative estimate of drug-likeness (QED) is 0.540. The minimum absolute atomic E-state index is 0.0404. The van der Waals surface area contributed by atoms with Crippen LogP contribution in [0.15, 0.2) is 42.5 Å². The molecule has 0 aliphatic carbocycles. The number of amides is 1. The lowest BCUT2D eigenvalue weighted by Gasteiger charge is -2.34. The van der Waals surface area contributed by atoms with Gasteiger partial charge in [0, 0.05) is 35.4 Å². The van der Waals surface area contributed by atoms with Gasteiger partial charge in [-0.25, -0.2) is 9.37 Å². The van der Waals surface area contributed by atoms with Crippen LogP contribution in [0.4, 0.5) is 10.1 Å². The number of aldehydes is 1. The Morgan fingerprint density at radius 1 is 1.29 bits per heavy atom. The summed E-state index contributed by atoms with van der Waals surface area (Å²) in [7, 11) is 0. The van der Waals surface area contributed by atoms with Crippen molar-refractivity contribution in [2.24, 2.45) is 0 Å². The number of benzene rings is 2. The second-order valence-electron chi connectivity index (χ2n) is 7.52. The van der Waals surface area contributed by atoms with Crippen LogP contribution in [0, 0.1) is 12.7 Å². The first-order valence-corrected chi connectivity index (χ1v) is 11.2. The fourth-order valence-electron chi connectivity index (χ4n) is 3.72. The van der Waals surface area contributed by atoms with Crippen LogP contribution in [0.5, 0.6) is 0 Å². The number of nitrogens with one attached hydrogen (secondary N) is 1. The van der Waals surface area contributed by atoms with E-state index in [4.69, 9.17) is 11.6 Å². The first-order chi connectivity index (χ1) is 14.9. The van der Waals surface area contributed by atoms with Crippen LogP contribution in [-0.2, 0) is 0 Å². The molecule has 0 radical (unpaired) electrons. The number of aromatic nitrogens is 1. The van der Waals surface area contributed by atoms with E-state index in [1.807, 2.05) is 19.1 Å². The summed E-state index contributed by atoms with van der Waals surface area (Å²) in [4.78, 5) is 31.2. The Hall–Kier alpha value is -2.77. The molecule has 31 heavy (non-hydrogen) atoms. The second kappa shape index (κ2) is 9.16. The Balaban J connectivity index is 1.46. The molecule has 4 rings (SSSR count). The van der Waals surface area contributed by atoms with Crippen molar-refractivity contribution in [1.82, 2.24) is 10.3 Å². The van der Waals surface area contributed by atoms with Gasteiger partial charge >= 0.3 is 0 Å². The van der Waals surface area contributed by atoms with E-state index in [1.54, 1.807) is 24.3 Å². The molecule has 8 heteroatoms. The lowest BCUT2D eigenvalue weighted by Crippen LogP contribution is -2.47. The van der Waals surface area contributed by atoms with Crippen molar-refractivity contribution in [3.8, 4) is 10.6 Å². The molecule has 1 amide bonds. The van der Waals surface area contributed by atoms with Crippen molar-refractivity contribution in [2.75, 3.05) is 18.0 Å². The highest BCUT2D eigenvalue weighted by Gasteiger charge is 2.24. The second-order valence-corrected chi connectivity index (χ2v) is 8.96. The van der Waals surface area contributed by atoms with E-state index >= 15 is 0 Å². The molecule has 2 aromatic carbocycles. The number of piperidine rings is 1. The summed E-state index contributed by atoms with van der Waals surface area (Å²) in [6.45, 7) is 3.21. The molecule has 2 heterocycles. The highest BCUT2D eigenvalue weighted by Crippen LogP contribution is 2.29. The molecule has 160 valence electrons. The average molecular weight is 458 g/mol. The van der Waals surface area contributed by atoms with Gasteiger partial charge in [-0.05, 0) is 50.1 Å². The van der Waals surface area contributed by atoms with E-state index in [9.17, 15) is 14.0 Å². The third-order valence-electron chi connectivity index (χ3n) is 5.32. The zero-order valence-electron chi connectivity index (χ0n) is 16.9. The average Bonchev–Trinajstić information content (AvgIpc) is 3.16. The van der Waals surface area contributed by atoms with E-state index in [2.05, 4.69) is 15.2 Å². The lowest BCUT2D eigenvalue weighted by molar-refractivity contribution is 0.0936. The maximum atomic E-state index is 13.6. The monoisotopic (exact) mass is 457 g/mol. The Kier molecular flexibility index (Phi) is 6.34. The number of thiazole rings is 1. The summed E-state index contributed by atoms with van der Waals surface area (Å²) in [5, 5.41) is 4.54. The van der Waals surface area contributed by atoms with Crippen LogP contribution in [0.3, 0.4) is 0 Å². The SMILES string of the molecule is Cc1nc(-c2ccc(Cl)cc2)sc1C(=O)NC1CCCN(c2ccc(F)c(C=O)c2)C1. The van der Waals surface area contributed by atoms with Crippen LogP contribution in [0.1, 0.15) is 38.6 Å². The van der Waals surface area contributed by atoms with Gasteiger partial charge in [-0.1, -0.05) is 23.7 Å². The van der Waals surface area contributed by atoms with E-state index in [0.29, 0.717) is 28.4 Å². The molecule has 1 N–H and O–H groups in total. The van der Waals surface area contributed by atoms with E-state index in [0.717, 1.165) is 35.6 Å². The largest absolute Gasteiger partial charge is 0.369 e. The van der Waals surface area contributed by atoms with Crippen LogP contribution in [-0.4, -0.2) is 36.3 Å². The van der Waals surface area contributed by atoms with Crippen LogP contribution in [0.25, 0.3) is 10.6 Å². The number of carbonyl (C=O) groups excluding carboxylic acids is 2. The smallest absolute Gasteiger partial charge is 0.263 e. The number of halogens is 2. The molecule has 1 atom stereocenters. The van der Waals surface area contributed by atoms with Crippen molar-refractivity contribution in [3.63, 3.8) is 0 Å². The molecule has 0 saturated carbocycles. The van der Waals surface area contributed by atoms with Crippen molar-refractivity contribution in [3.05, 3.63) is 69.4 Å². The summed E-state index contributed by atoms with van der Waals surface area (Å²) >= 11 is 7.31. The number of aryl methyl sites for hydroxylation is 1. The van der Waals surface area contributed by atoms with Gasteiger partial charge in [0.25, 0.3) is 5.91 Å². The highest BCUT2D eigenvalue weighted by atomic mass is 35.5. The Morgan fingerprint density at radius 3 is 2.81 bits per heavy atom. The fraction of sp³-hybridized carbons (Fsp3) is 0.261. The number of hydrogen-bond acceptors (Lipinski definition) is 5. The Labute approximate surface area is 188 Å². The minimum Gasteiger partial charge on any atom is -0.369 e. The standard InChI is InChI=1S/C23H21ClFN3O2S/c1-14-21(31-23(26-14)15-4-6-17(24)7-5-15)22(30)27-18-3-2-10-28(12-18)19-8-9-20(25)16(11-19)13-29/h4-9,11,13,18H,2-3,10,12H2,1H3,(H,27,30). The van der Waals surface area contributed by atoms with Gasteiger partial charge in [0.1, 0.15) is 15.7 Å². The molecule has 1 unspecified atom stereocenters. The first-order valence-electron chi connectivity index (χ1n) is 9.98. The number of anilines is 1. The van der Waals surface area contributed by atoms with Crippen molar-refractivity contribution in [1.29, 1.82) is 0 Å². The molecule has 1 aromatic heterocycles. The van der Waals surface area contributed by atoms with Gasteiger partial charge in [-0.2, -0.15) is 0 Å². The molecule has 0 bridgehead atoms. The maximum Gasteiger partial charge on any atom is 0.263 e. The molecule has 1 aliphatic rings.